The van der Waals surface area contributed by atoms with Crippen LogP contribution in [0.5, 0.6) is 0 Å². The molecule has 0 aromatic rings. The zero-order chi connectivity index (χ0) is 7.40. The lowest BCUT2D eigenvalue weighted by Gasteiger charge is -2.32. The highest BCUT2D eigenvalue weighted by Crippen LogP contribution is 2.20. The molecule has 1 atom stereocenters. The summed E-state index contributed by atoms with van der Waals surface area (Å²) in [5.74, 6) is 0. The number of piperazine rings is 1. The molecule has 0 aromatic carbocycles. The molecule has 1 aliphatic rings. The third kappa shape index (κ3) is 2.05. The van der Waals surface area contributed by atoms with Crippen molar-refractivity contribution in [1.82, 2.24) is 9.62 Å². The molecule has 0 aromatic heterocycles. The molecule has 4 heteroatoms. The van der Waals surface area contributed by atoms with Crippen LogP contribution >= 0.6 is 23.7 Å². The number of rotatable bonds is 2. The van der Waals surface area contributed by atoms with Crippen molar-refractivity contribution in [1.29, 1.82) is 0 Å². The molecule has 2 nitrogen and oxygen atoms in total. The van der Waals surface area contributed by atoms with Crippen LogP contribution in [0.2, 0.25) is 0 Å². The third-order valence-electron chi connectivity index (χ3n) is 1.66. The van der Waals surface area contributed by atoms with Gasteiger partial charge in [0.05, 0.1) is 5.37 Å². The molecule has 1 rings (SSSR count). The van der Waals surface area contributed by atoms with Gasteiger partial charge in [-0.25, -0.2) is 4.31 Å². The van der Waals surface area contributed by atoms with Gasteiger partial charge >= 0.3 is 0 Å². The second kappa shape index (κ2) is 4.49. The highest BCUT2D eigenvalue weighted by molar-refractivity contribution is 8.01. The zero-order valence-corrected chi connectivity index (χ0v) is 8.10. The molecule has 1 aliphatic heterocycles. The standard InChI is InChI=1S/C6H14N2S2/c1-9-6-5-7-3-4-8(6)10-2/h6-7H,3-5H2,1-2H3. The van der Waals surface area contributed by atoms with Crippen molar-refractivity contribution in [2.45, 2.75) is 5.37 Å². The Labute approximate surface area is 71.2 Å². The quantitative estimate of drug-likeness (QED) is 0.631. The summed E-state index contributed by atoms with van der Waals surface area (Å²) >= 11 is 3.77. The number of hydrogen-bond donors (Lipinski definition) is 1. The zero-order valence-electron chi connectivity index (χ0n) is 6.46. The molecule has 10 heavy (non-hydrogen) atoms. The smallest absolute Gasteiger partial charge is 0.0777 e. The average Bonchev–Trinajstić information content (AvgIpc) is 2.04. The van der Waals surface area contributed by atoms with Gasteiger partial charge in [0.15, 0.2) is 0 Å². The SMILES string of the molecule is CSC1CNCCN1SC. The van der Waals surface area contributed by atoms with Gasteiger partial charge in [0, 0.05) is 19.6 Å². The van der Waals surface area contributed by atoms with Crippen LogP contribution < -0.4 is 5.32 Å². The van der Waals surface area contributed by atoms with Crippen molar-refractivity contribution in [3.8, 4) is 0 Å². The van der Waals surface area contributed by atoms with Crippen LogP contribution in [0.25, 0.3) is 0 Å². The summed E-state index contributed by atoms with van der Waals surface area (Å²) in [6.07, 6.45) is 4.31. The Kier molecular flexibility index (Phi) is 3.91. The molecule has 1 heterocycles. The minimum absolute atomic E-state index is 0.670. The van der Waals surface area contributed by atoms with E-state index in [0.29, 0.717) is 5.37 Å². The summed E-state index contributed by atoms with van der Waals surface area (Å²) in [4.78, 5) is 0. The van der Waals surface area contributed by atoms with Crippen molar-refractivity contribution in [2.75, 3.05) is 32.1 Å². The van der Waals surface area contributed by atoms with E-state index in [-0.39, 0.29) is 0 Å². The summed E-state index contributed by atoms with van der Waals surface area (Å²) in [6.45, 7) is 3.44. The molecule has 0 bridgehead atoms. The molecule has 0 amide bonds. The van der Waals surface area contributed by atoms with Crippen LogP contribution in [-0.4, -0.2) is 41.8 Å². The van der Waals surface area contributed by atoms with E-state index in [4.69, 9.17) is 0 Å². The molecular formula is C6H14N2S2. The molecule has 0 radical (unpaired) electrons. The highest BCUT2D eigenvalue weighted by atomic mass is 32.2. The highest BCUT2D eigenvalue weighted by Gasteiger charge is 2.19. The van der Waals surface area contributed by atoms with Crippen molar-refractivity contribution in [3.63, 3.8) is 0 Å². The summed E-state index contributed by atoms with van der Waals surface area (Å²) in [6, 6.07) is 0. The van der Waals surface area contributed by atoms with Crippen LogP contribution in [0.4, 0.5) is 0 Å². The van der Waals surface area contributed by atoms with Gasteiger partial charge in [0.1, 0.15) is 0 Å². The van der Waals surface area contributed by atoms with Gasteiger partial charge in [-0.3, -0.25) is 0 Å². The molecular weight excluding hydrogens is 164 g/mol. The molecule has 0 aliphatic carbocycles. The van der Waals surface area contributed by atoms with Crippen LogP contribution in [0, 0.1) is 0 Å². The van der Waals surface area contributed by atoms with Gasteiger partial charge in [-0.15, -0.1) is 11.8 Å². The van der Waals surface area contributed by atoms with E-state index < -0.39 is 0 Å². The van der Waals surface area contributed by atoms with E-state index in [9.17, 15) is 0 Å². The first-order valence-electron chi connectivity index (χ1n) is 3.42. The summed E-state index contributed by atoms with van der Waals surface area (Å²) in [5, 5.41) is 4.04. The van der Waals surface area contributed by atoms with E-state index >= 15 is 0 Å². The minimum atomic E-state index is 0.670. The fourth-order valence-electron chi connectivity index (χ4n) is 1.07. The largest absolute Gasteiger partial charge is 0.313 e. The maximum absolute atomic E-state index is 3.37. The van der Waals surface area contributed by atoms with Crippen molar-refractivity contribution in [2.24, 2.45) is 0 Å². The fourth-order valence-corrected chi connectivity index (χ4v) is 2.80. The van der Waals surface area contributed by atoms with Crippen molar-refractivity contribution in [3.05, 3.63) is 0 Å². The van der Waals surface area contributed by atoms with Gasteiger partial charge in [-0.2, -0.15) is 0 Å². The van der Waals surface area contributed by atoms with Gasteiger partial charge < -0.3 is 5.32 Å². The molecule has 1 N–H and O–H groups in total. The average molecular weight is 178 g/mol. The van der Waals surface area contributed by atoms with E-state index in [1.54, 1.807) is 0 Å². The lowest BCUT2D eigenvalue weighted by atomic mass is 10.4. The Morgan fingerprint density at radius 2 is 2.30 bits per heavy atom. The summed E-state index contributed by atoms with van der Waals surface area (Å²) < 4.78 is 2.43. The van der Waals surface area contributed by atoms with E-state index in [2.05, 4.69) is 22.1 Å². The lowest BCUT2D eigenvalue weighted by Crippen LogP contribution is -2.45. The number of thioether (sulfide) groups is 1. The van der Waals surface area contributed by atoms with Crippen LogP contribution in [0.1, 0.15) is 0 Å². The molecule has 1 fully saturated rings. The Bertz CT molecular complexity index is 87.7. The second-order valence-electron chi connectivity index (χ2n) is 2.22. The first kappa shape index (κ1) is 8.71. The molecule has 1 saturated heterocycles. The first-order valence-corrected chi connectivity index (χ1v) is 5.89. The Morgan fingerprint density at radius 1 is 1.50 bits per heavy atom. The topological polar surface area (TPSA) is 15.3 Å². The van der Waals surface area contributed by atoms with Crippen LogP contribution in [0.3, 0.4) is 0 Å². The maximum atomic E-state index is 3.37. The maximum Gasteiger partial charge on any atom is 0.0777 e. The van der Waals surface area contributed by atoms with Crippen molar-refractivity contribution < 1.29 is 0 Å². The molecule has 0 saturated carbocycles. The lowest BCUT2D eigenvalue weighted by molar-refractivity contribution is 0.370. The third-order valence-corrected chi connectivity index (χ3v) is 3.66. The van der Waals surface area contributed by atoms with Gasteiger partial charge in [0.25, 0.3) is 0 Å². The Morgan fingerprint density at radius 3 is 2.80 bits per heavy atom. The second-order valence-corrected chi connectivity index (χ2v) is 4.07. The van der Waals surface area contributed by atoms with E-state index in [0.717, 1.165) is 13.1 Å². The fraction of sp³-hybridized carbons (Fsp3) is 1.00. The van der Waals surface area contributed by atoms with E-state index in [1.807, 2.05) is 23.7 Å². The van der Waals surface area contributed by atoms with Gasteiger partial charge in [0.2, 0.25) is 0 Å². The molecule has 60 valence electrons. The Balaban J connectivity index is 2.34. The summed E-state index contributed by atoms with van der Waals surface area (Å²) in [5.41, 5.74) is 0. The van der Waals surface area contributed by atoms with Gasteiger partial charge in [-0.05, 0) is 12.5 Å². The first-order chi connectivity index (χ1) is 4.88. The predicted molar refractivity (Wildman–Crippen MR) is 50.4 cm³/mol. The van der Waals surface area contributed by atoms with Crippen molar-refractivity contribution >= 4 is 23.7 Å². The van der Waals surface area contributed by atoms with Gasteiger partial charge in [-0.1, -0.05) is 11.9 Å². The number of nitrogens with zero attached hydrogens (tertiary/aromatic N) is 1. The number of hydrogen-bond acceptors (Lipinski definition) is 4. The minimum Gasteiger partial charge on any atom is -0.313 e. The van der Waals surface area contributed by atoms with Crippen LogP contribution in [-0.2, 0) is 0 Å². The number of nitrogens with one attached hydrogen (secondary N) is 1. The summed E-state index contributed by atoms with van der Waals surface area (Å²) in [7, 11) is 0. The monoisotopic (exact) mass is 178 g/mol. The predicted octanol–water partition coefficient (Wildman–Crippen LogP) is 0.859. The van der Waals surface area contributed by atoms with E-state index in [1.165, 1.54) is 6.54 Å². The van der Waals surface area contributed by atoms with Crippen LogP contribution in [0.15, 0.2) is 0 Å². The normalized spacial score (nSPS) is 28.8. The molecule has 0 spiro atoms. The Hall–Kier alpha value is 0.620. The molecule has 1 unspecified atom stereocenters.